The monoisotopic (exact) mass is 415 g/mol. The summed E-state index contributed by atoms with van der Waals surface area (Å²) in [5.74, 6) is 1.82. The number of methoxy groups -OCH3 is 1. The molecule has 4 heterocycles. The van der Waals surface area contributed by atoms with Gasteiger partial charge in [0.1, 0.15) is 0 Å². The fraction of sp³-hybridized carbons (Fsp3) is 0.783. The van der Waals surface area contributed by atoms with Crippen LogP contribution in [0.4, 0.5) is 5.95 Å². The molecule has 3 saturated heterocycles. The predicted octanol–water partition coefficient (Wildman–Crippen LogP) is 2.43. The smallest absolute Gasteiger partial charge is 0.225 e. The maximum atomic E-state index is 13.5. The molecule has 2 atom stereocenters. The third kappa shape index (κ3) is 5.11. The van der Waals surface area contributed by atoms with E-state index in [0.717, 1.165) is 38.4 Å². The van der Waals surface area contributed by atoms with Crippen LogP contribution in [0.25, 0.3) is 0 Å². The zero-order valence-electron chi connectivity index (χ0n) is 18.4. The van der Waals surface area contributed by atoms with Crippen molar-refractivity contribution in [1.29, 1.82) is 0 Å². The highest BCUT2D eigenvalue weighted by Crippen LogP contribution is 2.32. The third-order valence-corrected chi connectivity index (χ3v) is 7.24. The molecule has 1 amide bonds. The van der Waals surface area contributed by atoms with Crippen LogP contribution in [0.1, 0.15) is 44.9 Å². The normalized spacial score (nSPS) is 25.7. The van der Waals surface area contributed by atoms with Crippen molar-refractivity contribution in [3.63, 3.8) is 0 Å². The van der Waals surface area contributed by atoms with Gasteiger partial charge in [-0.3, -0.25) is 4.79 Å². The van der Waals surface area contributed by atoms with Gasteiger partial charge < -0.3 is 19.4 Å². The first-order valence-electron chi connectivity index (χ1n) is 11.8. The van der Waals surface area contributed by atoms with E-state index >= 15 is 0 Å². The van der Waals surface area contributed by atoms with Crippen LogP contribution in [0.15, 0.2) is 18.5 Å². The quantitative estimate of drug-likeness (QED) is 0.682. The molecule has 0 spiro atoms. The second kappa shape index (κ2) is 10.5. The Hall–Kier alpha value is -1.73. The number of aromatic nitrogens is 2. The molecule has 0 unspecified atom stereocenters. The van der Waals surface area contributed by atoms with Crippen LogP contribution in [0.3, 0.4) is 0 Å². The van der Waals surface area contributed by atoms with Crippen LogP contribution in [0, 0.1) is 11.8 Å². The topological polar surface area (TPSA) is 61.8 Å². The van der Waals surface area contributed by atoms with E-state index in [2.05, 4.69) is 24.7 Å². The van der Waals surface area contributed by atoms with Gasteiger partial charge in [0.2, 0.25) is 11.9 Å². The molecule has 3 fully saturated rings. The van der Waals surface area contributed by atoms with E-state index in [-0.39, 0.29) is 5.92 Å². The lowest BCUT2D eigenvalue weighted by Gasteiger charge is -2.46. The summed E-state index contributed by atoms with van der Waals surface area (Å²) in [6.07, 6.45) is 11.8. The van der Waals surface area contributed by atoms with Crippen molar-refractivity contribution < 1.29 is 9.53 Å². The lowest BCUT2D eigenvalue weighted by Crippen LogP contribution is -2.53. The summed E-state index contributed by atoms with van der Waals surface area (Å²) in [4.78, 5) is 29.2. The second-order valence-corrected chi connectivity index (χ2v) is 9.09. The molecule has 3 aliphatic rings. The summed E-state index contributed by atoms with van der Waals surface area (Å²) in [6, 6.07) is 2.51. The van der Waals surface area contributed by atoms with E-state index in [1.807, 2.05) is 6.07 Å². The Morgan fingerprint density at radius 3 is 2.60 bits per heavy atom. The molecule has 0 saturated carbocycles. The molecule has 0 aromatic carbocycles. The van der Waals surface area contributed by atoms with Crippen molar-refractivity contribution in [3.8, 4) is 0 Å². The van der Waals surface area contributed by atoms with Crippen molar-refractivity contribution in [1.82, 2.24) is 19.8 Å². The SMILES string of the molecule is COCCN(C[C@@H]1CCCN2CCCC[C@@H]12)C(=O)C1CCN(c2ncccn2)CC1. The molecular weight excluding hydrogens is 378 g/mol. The molecule has 4 rings (SSSR count). The lowest BCUT2D eigenvalue weighted by molar-refractivity contribution is -0.138. The number of nitrogens with zero attached hydrogens (tertiary/aromatic N) is 5. The van der Waals surface area contributed by atoms with Gasteiger partial charge in [0.25, 0.3) is 0 Å². The molecule has 1 aromatic rings. The average molecular weight is 416 g/mol. The average Bonchev–Trinajstić information content (AvgIpc) is 2.82. The molecule has 0 radical (unpaired) electrons. The Kier molecular flexibility index (Phi) is 7.55. The van der Waals surface area contributed by atoms with Crippen molar-refractivity contribution in [3.05, 3.63) is 18.5 Å². The van der Waals surface area contributed by atoms with Crippen molar-refractivity contribution in [2.75, 3.05) is 57.9 Å². The lowest BCUT2D eigenvalue weighted by atomic mass is 9.83. The van der Waals surface area contributed by atoms with Crippen LogP contribution >= 0.6 is 0 Å². The summed E-state index contributed by atoms with van der Waals surface area (Å²) in [7, 11) is 1.73. The van der Waals surface area contributed by atoms with Gasteiger partial charge in [0.15, 0.2) is 0 Å². The highest BCUT2D eigenvalue weighted by atomic mass is 16.5. The van der Waals surface area contributed by atoms with Gasteiger partial charge >= 0.3 is 0 Å². The summed E-state index contributed by atoms with van der Waals surface area (Å²) < 4.78 is 5.35. The van der Waals surface area contributed by atoms with Gasteiger partial charge in [-0.25, -0.2) is 9.97 Å². The summed E-state index contributed by atoms with van der Waals surface area (Å²) in [5.41, 5.74) is 0. The first kappa shape index (κ1) is 21.5. The number of ether oxygens (including phenoxy) is 1. The van der Waals surface area contributed by atoms with E-state index in [0.29, 0.717) is 31.0 Å². The number of anilines is 1. The highest BCUT2D eigenvalue weighted by molar-refractivity contribution is 5.79. The van der Waals surface area contributed by atoms with Crippen molar-refractivity contribution >= 4 is 11.9 Å². The Balaban J connectivity index is 1.36. The molecule has 7 nitrogen and oxygen atoms in total. The van der Waals surface area contributed by atoms with Crippen LogP contribution in [-0.2, 0) is 9.53 Å². The number of piperidine rings is 3. The molecule has 1 aromatic heterocycles. The largest absolute Gasteiger partial charge is 0.383 e. The molecule has 166 valence electrons. The maximum Gasteiger partial charge on any atom is 0.225 e. The third-order valence-electron chi connectivity index (χ3n) is 7.24. The van der Waals surface area contributed by atoms with Crippen LogP contribution in [-0.4, -0.2) is 84.7 Å². The van der Waals surface area contributed by atoms with Gasteiger partial charge in [0, 0.05) is 57.6 Å². The van der Waals surface area contributed by atoms with Crippen molar-refractivity contribution in [2.45, 2.75) is 51.0 Å². The molecule has 30 heavy (non-hydrogen) atoms. The van der Waals surface area contributed by atoms with E-state index in [4.69, 9.17) is 4.74 Å². The second-order valence-electron chi connectivity index (χ2n) is 9.09. The Morgan fingerprint density at radius 2 is 1.83 bits per heavy atom. The summed E-state index contributed by atoms with van der Waals surface area (Å²) >= 11 is 0. The molecule has 0 bridgehead atoms. The van der Waals surface area contributed by atoms with Crippen LogP contribution in [0.5, 0.6) is 0 Å². The van der Waals surface area contributed by atoms with Gasteiger partial charge in [-0.15, -0.1) is 0 Å². The number of rotatable bonds is 7. The first-order valence-corrected chi connectivity index (χ1v) is 11.8. The minimum absolute atomic E-state index is 0.105. The highest BCUT2D eigenvalue weighted by Gasteiger charge is 2.36. The van der Waals surface area contributed by atoms with Gasteiger partial charge in [0.05, 0.1) is 6.61 Å². The fourth-order valence-electron chi connectivity index (χ4n) is 5.61. The van der Waals surface area contributed by atoms with E-state index in [1.165, 1.54) is 45.2 Å². The fourth-order valence-corrected chi connectivity index (χ4v) is 5.61. The minimum Gasteiger partial charge on any atom is -0.383 e. The zero-order chi connectivity index (χ0) is 20.8. The Morgan fingerprint density at radius 1 is 1.07 bits per heavy atom. The van der Waals surface area contributed by atoms with Crippen LogP contribution in [0.2, 0.25) is 0 Å². The number of carbonyl (C=O) groups is 1. The molecule has 7 heteroatoms. The van der Waals surface area contributed by atoms with Crippen molar-refractivity contribution in [2.24, 2.45) is 11.8 Å². The number of hydrogen-bond acceptors (Lipinski definition) is 6. The number of fused-ring (bicyclic) bond motifs is 1. The predicted molar refractivity (Wildman–Crippen MR) is 117 cm³/mol. The zero-order valence-corrected chi connectivity index (χ0v) is 18.4. The molecular formula is C23H37N5O2. The maximum absolute atomic E-state index is 13.5. The van der Waals surface area contributed by atoms with Crippen LogP contribution < -0.4 is 4.90 Å². The molecule has 0 N–H and O–H groups in total. The molecule has 3 aliphatic heterocycles. The van der Waals surface area contributed by atoms with E-state index < -0.39 is 0 Å². The Labute approximate surface area is 180 Å². The van der Waals surface area contributed by atoms with Gasteiger partial charge in [-0.2, -0.15) is 0 Å². The summed E-state index contributed by atoms with van der Waals surface area (Å²) in [5, 5.41) is 0. The van der Waals surface area contributed by atoms with E-state index in [9.17, 15) is 4.79 Å². The van der Waals surface area contributed by atoms with Gasteiger partial charge in [-0.1, -0.05) is 6.42 Å². The standard InChI is InChI=1S/C23H37N5O2/c1-30-17-16-28(18-20-6-4-13-26-12-3-2-7-21(20)26)22(29)19-8-14-27(15-9-19)23-24-10-5-11-25-23/h5,10-11,19-21H,2-4,6-9,12-18H2,1H3/t20-,21-/m0/s1. The minimum atomic E-state index is 0.105. The first-order chi connectivity index (χ1) is 14.8. The van der Waals surface area contributed by atoms with Gasteiger partial charge in [-0.05, 0) is 63.6 Å². The molecule has 0 aliphatic carbocycles. The number of carbonyl (C=O) groups excluding carboxylic acids is 1. The summed E-state index contributed by atoms with van der Waals surface area (Å²) in [6.45, 7) is 6.40. The number of hydrogen-bond donors (Lipinski definition) is 0. The van der Waals surface area contributed by atoms with E-state index in [1.54, 1.807) is 19.5 Å². The number of amides is 1. The Bertz CT molecular complexity index is 663.